The lowest BCUT2D eigenvalue weighted by Gasteiger charge is -2.23. The molecule has 21 heavy (non-hydrogen) atoms. The zero-order chi connectivity index (χ0) is 15.1. The monoisotopic (exact) mass is 292 g/mol. The average molecular weight is 292 g/mol. The predicted molar refractivity (Wildman–Crippen MR) is 81.3 cm³/mol. The van der Waals surface area contributed by atoms with Gasteiger partial charge in [0.2, 0.25) is 0 Å². The van der Waals surface area contributed by atoms with Gasteiger partial charge >= 0.3 is 0 Å². The molecule has 1 atom stereocenters. The standard InChI is InChI=1S/C16H24N2O3/c1-12(17)10-13-4-2-3-5-15(13)21-11-16(19)18-14-6-8-20-9-7-14/h2-5,12,14H,6-11,17H2,1H3,(H,18,19). The number of nitrogens with one attached hydrogen (secondary N) is 1. The van der Waals surface area contributed by atoms with Crippen LogP contribution in [0.3, 0.4) is 0 Å². The van der Waals surface area contributed by atoms with Crippen LogP contribution in [0.25, 0.3) is 0 Å². The van der Waals surface area contributed by atoms with Gasteiger partial charge in [0, 0.05) is 25.3 Å². The van der Waals surface area contributed by atoms with E-state index >= 15 is 0 Å². The Morgan fingerprint density at radius 1 is 1.43 bits per heavy atom. The molecule has 0 aromatic heterocycles. The Morgan fingerprint density at radius 2 is 2.14 bits per heavy atom. The number of benzene rings is 1. The third kappa shape index (κ3) is 5.36. The maximum atomic E-state index is 11.9. The van der Waals surface area contributed by atoms with Gasteiger partial charge in [-0.3, -0.25) is 4.79 Å². The lowest BCUT2D eigenvalue weighted by Crippen LogP contribution is -2.41. The number of rotatable bonds is 6. The van der Waals surface area contributed by atoms with Gasteiger partial charge in [0.15, 0.2) is 6.61 Å². The molecule has 1 saturated heterocycles. The largest absolute Gasteiger partial charge is 0.483 e. The van der Waals surface area contributed by atoms with Gasteiger partial charge < -0.3 is 20.5 Å². The smallest absolute Gasteiger partial charge is 0.258 e. The fourth-order valence-electron chi connectivity index (χ4n) is 2.41. The second-order valence-electron chi connectivity index (χ2n) is 5.53. The molecule has 3 N–H and O–H groups in total. The molecule has 1 aliphatic heterocycles. The number of ether oxygens (including phenoxy) is 2. The van der Waals surface area contributed by atoms with E-state index in [2.05, 4.69) is 5.32 Å². The first-order valence-corrected chi connectivity index (χ1v) is 7.48. The molecule has 1 aromatic rings. The fraction of sp³-hybridized carbons (Fsp3) is 0.562. The second-order valence-corrected chi connectivity index (χ2v) is 5.53. The number of nitrogens with two attached hydrogens (primary N) is 1. The molecule has 1 fully saturated rings. The highest BCUT2D eigenvalue weighted by Crippen LogP contribution is 2.19. The Morgan fingerprint density at radius 3 is 2.86 bits per heavy atom. The van der Waals surface area contributed by atoms with Gasteiger partial charge in [-0.05, 0) is 37.8 Å². The van der Waals surface area contributed by atoms with Crippen LogP contribution < -0.4 is 15.8 Å². The van der Waals surface area contributed by atoms with Crippen LogP contribution in [0.5, 0.6) is 5.75 Å². The molecular weight excluding hydrogens is 268 g/mol. The summed E-state index contributed by atoms with van der Waals surface area (Å²) in [6.07, 6.45) is 2.47. The van der Waals surface area contributed by atoms with Crippen LogP contribution in [0.2, 0.25) is 0 Å². The number of carbonyl (C=O) groups excluding carboxylic acids is 1. The van der Waals surface area contributed by atoms with Gasteiger partial charge in [-0.15, -0.1) is 0 Å². The SMILES string of the molecule is CC(N)Cc1ccccc1OCC(=O)NC1CCOCC1. The van der Waals surface area contributed by atoms with E-state index in [1.165, 1.54) is 0 Å². The number of hydrogen-bond acceptors (Lipinski definition) is 4. The summed E-state index contributed by atoms with van der Waals surface area (Å²) in [5, 5.41) is 2.98. The van der Waals surface area contributed by atoms with E-state index in [1.54, 1.807) is 0 Å². The molecule has 0 bridgehead atoms. The number of amides is 1. The fourth-order valence-corrected chi connectivity index (χ4v) is 2.41. The van der Waals surface area contributed by atoms with Gasteiger partial charge in [0.05, 0.1) is 0 Å². The van der Waals surface area contributed by atoms with Gasteiger partial charge in [0.25, 0.3) is 5.91 Å². The molecule has 0 spiro atoms. The van der Waals surface area contributed by atoms with Crippen LogP contribution in [-0.2, 0) is 16.0 Å². The minimum absolute atomic E-state index is 0.0350. The van der Waals surface area contributed by atoms with E-state index < -0.39 is 0 Å². The van der Waals surface area contributed by atoms with Crippen molar-refractivity contribution >= 4 is 5.91 Å². The van der Waals surface area contributed by atoms with Crippen LogP contribution >= 0.6 is 0 Å². The van der Waals surface area contributed by atoms with Crippen molar-refractivity contribution in [1.29, 1.82) is 0 Å². The van der Waals surface area contributed by atoms with E-state index in [4.69, 9.17) is 15.2 Å². The van der Waals surface area contributed by atoms with E-state index in [0.717, 1.165) is 30.6 Å². The van der Waals surface area contributed by atoms with Crippen molar-refractivity contribution in [2.75, 3.05) is 19.8 Å². The minimum atomic E-state index is -0.0856. The zero-order valence-corrected chi connectivity index (χ0v) is 12.5. The summed E-state index contributed by atoms with van der Waals surface area (Å²) in [6, 6.07) is 7.97. The van der Waals surface area contributed by atoms with Crippen LogP contribution in [0.1, 0.15) is 25.3 Å². The van der Waals surface area contributed by atoms with Crippen molar-refractivity contribution in [3.05, 3.63) is 29.8 Å². The summed E-state index contributed by atoms with van der Waals surface area (Å²) in [5.41, 5.74) is 6.86. The summed E-state index contributed by atoms with van der Waals surface area (Å²) in [5.74, 6) is 0.648. The maximum absolute atomic E-state index is 11.9. The Kier molecular flexibility index (Phi) is 6.02. The van der Waals surface area contributed by atoms with E-state index in [9.17, 15) is 4.79 Å². The summed E-state index contributed by atoms with van der Waals surface area (Å²) in [4.78, 5) is 11.9. The van der Waals surface area contributed by atoms with Gasteiger partial charge in [0.1, 0.15) is 5.75 Å². The quantitative estimate of drug-likeness (QED) is 0.827. The average Bonchev–Trinajstić information content (AvgIpc) is 2.47. The highest BCUT2D eigenvalue weighted by atomic mass is 16.5. The van der Waals surface area contributed by atoms with Crippen molar-refractivity contribution in [1.82, 2.24) is 5.32 Å². The molecule has 0 saturated carbocycles. The van der Waals surface area contributed by atoms with Crippen molar-refractivity contribution in [3.63, 3.8) is 0 Å². The predicted octanol–water partition coefficient (Wildman–Crippen LogP) is 1.25. The molecule has 1 heterocycles. The van der Waals surface area contributed by atoms with Crippen LogP contribution in [0, 0.1) is 0 Å². The van der Waals surface area contributed by atoms with Crippen molar-refractivity contribution in [3.8, 4) is 5.75 Å². The summed E-state index contributed by atoms with van der Waals surface area (Å²) in [6.45, 7) is 3.41. The Hall–Kier alpha value is -1.59. The minimum Gasteiger partial charge on any atom is -0.483 e. The Balaban J connectivity index is 1.83. The molecule has 2 rings (SSSR count). The number of carbonyl (C=O) groups is 1. The lowest BCUT2D eigenvalue weighted by atomic mass is 10.1. The molecule has 0 radical (unpaired) electrons. The summed E-state index contributed by atoms with van der Waals surface area (Å²) in [7, 11) is 0. The molecular formula is C16H24N2O3. The van der Waals surface area contributed by atoms with Gasteiger partial charge in [-0.1, -0.05) is 18.2 Å². The molecule has 116 valence electrons. The first-order chi connectivity index (χ1) is 10.1. The van der Waals surface area contributed by atoms with Crippen LogP contribution in [-0.4, -0.2) is 37.8 Å². The summed E-state index contributed by atoms with van der Waals surface area (Å²) < 4.78 is 10.9. The molecule has 5 heteroatoms. The molecule has 0 aliphatic carbocycles. The zero-order valence-electron chi connectivity index (χ0n) is 12.5. The summed E-state index contributed by atoms with van der Waals surface area (Å²) >= 11 is 0. The van der Waals surface area contributed by atoms with Crippen molar-refractivity contribution < 1.29 is 14.3 Å². The van der Waals surface area contributed by atoms with Crippen molar-refractivity contribution in [2.45, 2.75) is 38.3 Å². The van der Waals surface area contributed by atoms with Crippen LogP contribution in [0.15, 0.2) is 24.3 Å². The first-order valence-electron chi connectivity index (χ1n) is 7.48. The third-order valence-electron chi connectivity index (χ3n) is 3.46. The Bertz CT molecular complexity index is 457. The molecule has 5 nitrogen and oxygen atoms in total. The Labute approximate surface area is 125 Å². The molecule has 1 unspecified atom stereocenters. The highest BCUT2D eigenvalue weighted by Gasteiger charge is 2.16. The topological polar surface area (TPSA) is 73.6 Å². The normalized spacial score (nSPS) is 17.2. The van der Waals surface area contributed by atoms with E-state index in [0.29, 0.717) is 13.2 Å². The maximum Gasteiger partial charge on any atom is 0.258 e. The lowest BCUT2D eigenvalue weighted by molar-refractivity contribution is -0.124. The van der Waals surface area contributed by atoms with E-state index in [1.807, 2.05) is 31.2 Å². The first kappa shape index (κ1) is 15.8. The van der Waals surface area contributed by atoms with Crippen molar-refractivity contribution in [2.24, 2.45) is 5.73 Å². The highest BCUT2D eigenvalue weighted by molar-refractivity contribution is 5.77. The number of para-hydroxylation sites is 1. The van der Waals surface area contributed by atoms with Gasteiger partial charge in [-0.25, -0.2) is 0 Å². The molecule has 1 aromatic carbocycles. The van der Waals surface area contributed by atoms with E-state index in [-0.39, 0.29) is 24.6 Å². The molecule has 1 amide bonds. The number of hydrogen-bond donors (Lipinski definition) is 2. The second kappa shape index (κ2) is 8.00. The van der Waals surface area contributed by atoms with Crippen LogP contribution in [0.4, 0.5) is 0 Å². The third-order valence-corrected chi connectivity index (χ3v) is 3.46. The molecule has 1 aliphatic rings. The van der Waals surface area contributed by atoms with Gasteiger partial charge in [-0.2, -0.15) is 0 Å².